The summed E-state index contributed by atoms with van der Waals surface area (Å²) in [7, 11) is -10.6. The van der Waals surface area contributed by atoms with Gasteiger partial charge in [0.1, 0.15) is 10.5 Å². The van der Waals surface area contributed by atoms with Gasteiger partial charge in [0.25, 0.3) is 20.2 Å². The molecule has 0 aliphatic carbocycles. The third kappa shape index (κ3) is 2.76. The van der Waals surface area contributed by atoms with Crippen molar-refractivity contribution in [3.8, 4) is 11.5 Å². The molecular formula is C7H6O10S2. The maximum Gasteiger partial charge on any atom is 0.338 e. The van der Waals surface area contributed by atoms with Gasteiger partial charge in [-0.25, -0.2) is 4.79 Å². The number of rotatable bonds is 3. The summed E-state index contributed by atoms with van der Waals surface area (Å²) in [6.45, 7) is 0. The molecule has 0 amide bonds. The van der Waals surface area contributed by atoms with Gasteiger partial charge in [-0.3, -0.25) is 9.11 Å². The first kappa shape index (κ1) is 15.2. The highest BCUT2D eigenvalue weighted by Gasteiger charge is 2.34. The van der Waals surface area contributed by atoms with Crippen molar-refractivity contribution in [2.45, 2.75) is 9.79 Å². The fourth-order valence-electron chi connectivity index (χ4n) is 1.27. The van der Waals surface area contributed by atoms with Gasteiger partial charge in [0.05, 0.1) is 0 Å². The number of phenolic OH excluding ortho intramolecular Hbond substituents is 2. The van der Waals surface area contributed by atoms with E-state index in [2.05, 4.69) is 0 Å². The van der Waals surface area contributed by atoms with Crippen LogP contribution in [0.25, 0.3) is 0 Å². The van der Waals surface area contributed by atoms with Gasteiger partial charge in [0, 0.05) is 6.07 Å². The summed E-state index contributed by atoms with van der Waals surface area (Å²) >= 11 is 0. The number of carboxylic acid groups (broad SMARTS) is 1. The average molecular weight is 314 g/mol. The summed E-state index contributed by atoms with van der Waals surface area (Å²) in [6.07, 6.45) is 0. The molecule has 5 N–H and O–H groups in total. The van der Waals surface area contributed by atoms with Crippen LogP contribution in [0.5, 0.6) is 11.5 Å². The Morgan fingerprint density at radius 3 is 1.79 bits per heavy atom. The van der Waals surface area contributed by atoms with Crippen LogP contribution in [0.3, 0.4) is 0 Å². The Morgan fingerprint density at radius 1 is 1.00 bits per heavy atom. The number of hydrogen-bond donors (Lipinski definition) is 5. The summed E-state index contributed by atoms with van der Waals surface area (Å²) in [5.41, 5.74) is -1.60. The van der Waals surface area contributed by atoms with E-state index in [0.717, 1.165) is 0 Å². The molecule has 0 radical (unpaired) electrons. The molecule has 0 atom stereocenters. The first-order valence-corrected chi connectivity index (χ1v) is 7.02. The Balaban J connectivity index is 4.13. The molecule has 1 rings (SSSR count). The van der Waals surface area contributed by atoms with Crippen LogP contribution in [0.15, 0.2) is 15.9 Å². The van der Waals surface area contributed by atoms with Crippen LogP contribution in [0.2, 0.25) is 0 Å². The number of aromatic hydroxyl groups is 2. The molecule has 0 aliphatic rings. The molecule has 0 spiro atoms. The topological polar surface area (TPSA) is 186 Å². The second-order valence-electron chi connectivity index (χ2n) is 3.20. The van der Waals surface area contributed by atoms with Gasteiger partial charge >= 0.3 is 5.97 Å². The molecule has 0 saturated heterocycles. The van der Waals surface area contributed by atoms with Crippen LogP contribution in [0.1, 0.15) is 10.4 Å². The summed E-state index contributed by atoms with van der Waals surface area (Å²) in [5, 5.41) is 27.1. The molecular weight excluding hydrogens is 308 g/mol. The van der Waals surface area contributed by atoms with Gasteiger partial charge in [-0.15, -0.1) is 0 Å². The number of hydrogen-bond acceptors (Lipinski definition) is 7. The number of carbonyl (C=O) groups is 1. The molecule has 1 aromatic carbocycles. The lowest BCUT2D eigenvalue weighted by Gasteiger charge is -2.10. The zero-order chi connectivity index (χ0) is 15.2. The minimum Gasteiger partial charge on any atom is -0.504 e. The van der Waals surface area contributed by atoms with Crippen molar-refractivity contribution >= 4 is 26.2 Å². The largest absolute Gasteiger partial charge is 0.504 e. The Bertz CT molecular complexity index is 758. The highest BCUT2D eigenvalue weighted by atomic mass is 32.2. The van der Waals surface area contributed by atoms with E-state index in [9.17, 15) is 26.7 Å². The zero-order valence-corrected chi connectivity index (χ0v) is 10.3. The maximum atomic E-state index is 11.0. The van der Waals surface area contributed by atoms with E-state index in [1.54, 1.807) is 0 Å². The Morgan fingerprint density at radius 2 is 1.47 bits per heavy atom. The zero-order valence-electron chi connectivity index (χ0n) is 8.67. The van der Waals surface area contributed by atoms with Crippen molar-refractivity contribution in [3.63, 3.8) is 0 Å². The molecule has 0 unspecified atom stereocenters. The molecule has 0 bridgehead atoms. The van der Waals surface area contributed by atoms with Crippen molar-refractivity contribution in [1.29, 1.82) is 0 Å². The Labute approximate surface area is 106 Å². The fourth-order valence-corrected chi connectivity index (χ4v) is 2.85. The quantitative estimate of drug-likeness (QED) is 0.352. The van der Waals surface area contributed by atoms with E-state index in [1.165, 1.54) is 0 Å². The van der Waals surface area contributed by atoms with E-state index >= 15 is 0 Å². The SMILES string of the molecule is O=C(O)c1c(S(=O)(=O)O)cc(O)c(O)c1S(=O)(=O)O. The second-order valence-corrected chi connectivity index (χ2v) is 5.95. The maximum absolute atomic E-state index is 11.0. The van der Waals surface area contributed by atoms with Crippen molar-refractivity contribution in [2.75, 3.05) is 0 Å². The van der Waals surface area contributed by atoms with Crippen molar-refractivity contribution in [3.05, 3.63) is 11.6 Å². The molecule has 12 heteroatoms. The number of aromatic carboxylic acids is 1. The lowest BCUT2D eigenvalue weighted by molar-refractivity contribution is 0.0686. The molecule has 19 heavy (non-hydrogen) atoms. The Kier molecular flexibility index (Phi) is 3.47. The number of benzene rings is 1. The molecule has 106 valence electrons. The molecule has 0 aliphatic heterocycles. The molecule has 1 aromatic rings. The monoisotopic (exact) mass is 314 g/mol. The minimum atomic E-state index is -5.38. The van der Waals surface area contributed by atoms with E-state index in [0.29, 0.717) is 0 Å². The third-order valence-electron chi connectivity index (χ3n) is 1.95. The first-order valence-electron chi connectivity index (χ1n) is 4.14. The predicted molar refractivity (Wildman–Crippen MR) is 56.4 cm³/mol. The smallest absolute Gasteiger partial charge is 0.338 e. The van der Waals surface area contributed by atoms with E-state index in [-0.39, 0.29) is 6.07 Å². The van der Waals surface area contributed by atoms with Gasteiger partial charge in [-0.1, -0.05) is 0 Å². The second kappa shape index (κ2) is 4.34. The van der Waals surface area contributed by atoms with Crippen molar-refractivity contribution in [2.24, 2.45) is 0 Å². The highest BCUT2D eigenvalue weighted by Crippen LogP contribution is 2.38. The lowest BCUT2D eigenvalue weighted by atomic mass is 10.2. The van der Waals surface area contributed by atoms with Crippen molar-refractivity contribution in [1.82, 2.24) is 0 Å². The van der Waals surface area contributed by atoms with Crippen LogP contribution in [0, 0.1) is 0 Å². The average Bonchev–Trinajstić information content (AvgIpc) is 2.17. The third-order valence-corrected chi connectivity index (χ3v) is 3.74. The van der Waals surface area contributed by atoms with Crippen LogP contribution < -0.4 is 0 Å². The van der Waals surface area contributed by atoms with Crippen molar-refractivity contribution < 1.29 is 46.1 Å². The van der Waals surface area contributed by atoms with E-state index < -0.39 is 53.1 Å². The van der Waals surface area contributed by atoms with Gasteiger partial charge in [-0.05, 0) is 0 Å². The van der Waals surface area contributed by atoms with Gasteiger partial charge in [0.15, 0.2) is 16.4 Å². The van der Waals surface area contributed by atoms with Crippen LogP contribution in [0.4, 0.5) is 0 Å². The fraction of sp³-hybridized carbons (Fsp3) is 0. The van der Waals surface area contributed by atoms with E-state index in [1.807, 2.05) is 0 Å². The van der Waals surface area contributed by atoms with Gasteiger partial charge in [-0.2, -0.15) is 16.8 Å². The first-order chi connectivity index (χ1) is 8.37. The minimum absolute atomic E-state index is 0.128. The number of carboxylic acids is 1. The molecule has 0 aromatic heterocycles. The van der Waals surface area contributed by atoms with Gasteiger partial charge in [0.2, 0.25) is 0 Å². The molecule has 10 nitrogen and oxygen atoms in total. The van der Waals surface area contributed by atoms with Crippen LogP contribution in [-0.4, -0.2) is 47.2 Å². The Hall–Kier alpha value is -1.89. The summed E-state index contributed by atoms with van der Waals surface area (Å²) in [5.74, 6) is -5.09. The van der Waals surface area contributed by atoms with E-state index in [4.69, 9.17) is 19.3 Å². The summed E-state index contributed by atoms with van der Waals surface area (Å²) in [6, 6.07) is 0.128. The number of phenols is 2. The molecule has 0 saturated carbocycles. The molecule has 0 fully saturated rings. The predicted octanol–water partition coefficient (Wildman–Crippen LogP) is -0.711. The highest BCUT2D eigenvalue weighted by molar-refractivity contribution is 7.87. The van der Waals surface area contributed by atoms with Crippen LogP contribution in [-0.2, 0) is 20.2 Å². The summed E-state index contributed by atoms with van der Waals surface area (Å²) in [4.78, 5) is 7.62. The normalized spacial score (nSPS) is 12.3. The summed E-state index contributed by atoms with van der Waals surface area (Å²) < 4.78 is 61.3. The standard InChI is InChI=1S/C7H6O10S2/c8-2-1-3(18(12,13)14)4(7(10)11)6(5(2)9)19(15,16)17/h1,8-9H,(H,10,11)(H,12,13,14)(H,15,16,17). The molecule has 0 heterocycles. The van der Waals surface area contributed by atoms with Gasteiger partial charge < -0.3 is 15.3 Å². The lowest BCUT2D eigenvalue weighted by Crippen LogP contribution is -2.14. The van der Waals surface area contributed by atoms with Crippen LogP contribution >= 0.6 is 0 Å².